The lowest BCUT2D eigenvalue weighted by molar-refractivity contribution is 0.163. The smallest absolute Gasteiger partial charge is 0.112 e. The first kappa shape index (κ1) is 8.53. The minimum Gasteiger partial charge on any atom is -0.385 e. The van der Waals surface area contributed by atoms with Crippen LogP contribution in [0.2, 0.25) is 0 Å². The zero-order valence-electron chi connectivity index (χ0n) is 6.86. The zero-order valence-corrected chi connectivity index (χ0v) is 8.49. The molecule has 1 aromatic heterocycles. The van der Waals surface area contributed by atoms with Crippen molar-refractivity contribution in [1.29, 1.82) is 0 Å². The molecule has 12 heavy (non-hydrogen) atoms. The third kappa shape index (κ3) is 1.28. The quantitative estimate of drug-likeness (QED) is 0.812. The standard InChI is InChI=1S/C8H11NOS2/c1-11-8(3-4-8)7(10)6-2-5-12-9-6/h2,5,7,10H,3-4H2,1H3. The van der Waals surface area contributed by atoms with E-state index in [-0.39, 0.29) is 10.9 Å². The average Bonchev–Trinajstić information content (AvgIpc) is 2.71. The van der Waals surface area contributed by atoms with E-state index in [1.54, 1.807) is 11.8 Å². The van der Waals surface area contributed by atoms with Crippen molar-refractivity contribution in [2.75, 3.05) is 6.26 Å². The van der Waals surface area contributed by atoms with Crippen LogP contribution in [0.15, 0.2) is 11.4 Å². The molecule has 1 N–H and O–H groups in total. The fourth-order valence-corrected chi connectivity index (χ4v) is 2.74. The minimum atomic E-state index is -0.362. The van der Waals surface area contributed by atoms with Gasteiger partial charge in [-0.25, -0.2) is 0 Å². The number of rotatable bonds is 3. The summed E-state index contributed by atoms with van der Waals surface area (Å²) in [5, 5.41) is 11.8. The van der Waals surface area contributed by atoms with Crippen molar-refractivity contribution in [3.05, 3.63) is 17.1 Å². The third-order valence-corrected chi connectivity index (χ3v) is 4.40. The maximum absolute atomic E-state index is 9.92. The summed E-state index contributed by atoms with van der Waals surface area (Å²) in [6, 6.07) is 1.91. The monoisotopic (exact) mass is 201 g/mol. The van der Waals surface area contributed by atoms with Crippen LogP contribution in [-0.2, 0) is 0 Å². The van der Waals surface area contributed by atoms with Gasteiger partial charge in [-0.1, -0.05) is 0 Å². The van der Waals surface area contributed by atoms with Crippen molar-refractivity contribution >= 4 is 23.3 Å². The van der Waals surface area contributed by atoms with Crippen molar-refractivity contribution in [3.63, 3.8) is 0 Å². The van der Waals surface area contributed by atoms with Crippen molar-refractivity contribution in [3.8, 4) is 0 Å². The van der Waals surface area contributed by atoms with E-state index >= 15 is 0 Å². The van der Waals surface area contributed by atoms with Gasteiger partial charge in [0.2, 0.25) is 0 Å². The van der Waals surface area contributed by atoms with Gasteiger partial charge in [0.05, 0.1) is 5.69 Å². The molecule has 1 heterocycles. The number of nitrogens with zero attached hydrogens (tertiary/aromatic N) is 1. The van der Waals surface area contributed by atoms with Gasteiger partial charge >= 0.3 is 0 Å². The van der Waals surface area contributed by atoms with E-state index in [9.17, 15) is 5.11 Å². The molecule has 1 unspecified atom stereocenters. The number of thioether (sulfide) groups is 1. The Morgan fingerprint density at radius 2 is 2.50 bits per heavy atom. The van der Waals surface area contributed by atoms with Crippen molar-refractivity contribution in [1.82, 2.24) is 4.37 Å². The summed E-state index contributed by atoms with van der Waals surface area (Å²) in [4.78, 5) is 0. The van der Waals surface area contributed by atoms with Crippen LogP contribution in [0.3, 0.4) is 0 Å². The number of hydrogen-bond donors (Lipinski definition) is 1. The van der Waals surface area contributed by atoms with E-state index in [4.69, 9.17) is 0 Å². The predicted molar refractivity (Wildman–Crippen MR) is 52.6 cm³/mol. The SMILES string of the molecule is CSC1(C(O)c2ccsn2)CC1. The maximum Gasteiger partial charge on any atom is 0.112 e. The molecule has 0 saturated heterocycles. The van der Waals surface area contributed by atoms with Crippen LogP contribution in [0, 0.1) is 0 Å². The zero-order chi connectivity index (χ0) is 8.60. The van der Waals surface area contributed by atoms with Gasteiger partial charge in [-0.15, -0.1) is 0 Å². The predicted octanol–water partition coefficient (Wildman–Crippen LogP) is 2.07. The summed E-state index contributed by atoms with van der Waals surface area (Å²) < 4.78 is 4.24. The Hall–Kier alpha value is -0.0600. The van der Waals surface area contributed by atoms with E-state index in [0.29, 0.717) is 0 Å². The molecule has 4 heteroatoms. The first-order valence-electron chi connectivity index (χ1n) is 3.92. The van der Waals surface area contributed by atoms with Crippen LogP contribution in [0.1, 0.15) is 24.6 Å². The van der Waals surface area contributed by atoms with Crippen LogP contribution in [0.4, 0.5) is 0 Å². The number of hydrogen-bond acceptors (Lipinski definition) is 4. The van der Waals surface area contributed by atoms with Gasteiger partial charge in [-0.05, 0) is 36.7 Å². The molecule has 1 aromatic rings. The molecule has 0 amide bonds. The van der Waals surface area contributed by atoms with Crippen molar-refractivity contribution < 1.29 is 5.11 Å². The Morgan fingerprint density at radius 1 is 1.75 bits per heavy atom. The molecule has 0 radical (unpaired) electrons. The first-order chi connectivity index (χ1) is 5.78. The van der Waals surface area contributed by atoms with Crippen LogP contribution in [-0.4, -0.2) is 20.5 Å². The van der Waals surface area contributed by atoms with E-state index in [1.807, 2.05) is 11.4 Å². The van der Waals surface area contributed by atoms with E-state index < -0.39 is 0 Å². The van der Waals surface area contributed by atoms with Crippen LogP contribution in [0.5, 0.6) is 0 Å². The Balaban J connectivity index is 2.15. The summed E-state index contributed by atoms with van der Waals surface area (Å²) in [5.74, 6) is 0. The Morgan fingerprint density at radius 3 is 2.92 bits per heavy atom. The van der Waals surface area contributed by atoms with Crippen molar-refractivity contribution in [2.45, 2.75) is 23.7 Å². The largest absolute Gasteiger partial charge is 0.385 e. The fourth-order valence-electron chi connectivity index (χ4n) is 1.34. The molecular weight excluding hydrogens is 190 g/mol. The molecule has 1 saturated carbocycles. The Labute approximate surface area is 80.2 Å². The lowest BCUT2D eigenvalue weighted by atomic mass is 10.1. The minimum absolute atomic E-state index is 0.0913. The lowest BCUT2D eigenvalue weighted by Gasteiger charge is -2.17. The highest BCUT2D eigenvalue weighted by Gasteiger charge is 2.49. The van der Waals surface area contributed by atoms with Gasteiger partial charge in [0.1, 0.15) is 6.10 Å². The highest BCUT2D eigenvalue weighted by atomic mass is 32.2. The molecule has 66 valence electrons. The third-order valence-electron chi connectivity index (χ3n) is 2.39. The summed E-state index contributed by atoms with van der Waals surface area (Å²) in [5.41, 5.74) is 0.840. The summed E-state index contributed by atoms with van der Waals surface area (Å²) in [7, 11) is 0. The van der Waals surface area contributed by atoms with E-state index in [2.05, 4.69) is 10.6 Å². The van der Waals surface area contributed by atoms with E-state index in [1.165, 1.54) is 11.5 Å². The van der Waals surface area contributed by atoms with Gasteiger partial charge in [-0.3, -0.25) is 0 Å². The lowest BCUT2D eigenvalue weighted by Crippen LogP contribution is -2.15. The molecule has 1 aliphatic rings. The molecule has 0 aliphatic heterocycles. The highest BCUT2D eigenvalue weighted by molar-refractivity contribution is 8.00. The number of aromatic nitrogens is 1. The van der Waals surface area contributed by atoms with Gasteiger partial charge in [0.25, 0.3) is 0 Å². The Bertz CT molecular complexity index is 256. The molecule has 0 spiro atoms. The molecule has 0 bridgehead atoms. The van der Waals surface area contributed by atoms with Gasteiger partial charge in [-0.2, -0.15) is 16.1 Å². The molecule has 1 fully saturated rings. The van der Waals surface area contributed by atoms with Crippen LogP contribution >= 0.6 is 23.3 Å². The number of aliphatic hydroxyl groups excluding tert-OH is 1. The second-order valence-electron chi connectivity index (χ2n) is 3.10. The summed E-state index contributed by atoms with van der Waals surface area (Å²) in [6.07, 6.45) is 3.93. The second-order valence-corrected chi connectivity index (χ2v) is 4.98. The Kier molecular flexibility index (Phi) is 2.14. The maximum atomic E-state index is 9.92. The van der Waals surface area contributed by atoms with Crippen molar-refractivity contribution in [2.24, 2.45) is 0 Å². The fraction of sp³-hybridized carbons (Fsp3) is 0.625. The number of aliphatic hydroxyl groups is 1. The van der Waals surface area contributed by atoms with Gasteiger partial charge in [0.15, 0.2) is 0 Å². The summed E-state index contributed by atoms with van der Waals surface area (Å²) in [6.45, 7) is 0. The highest BCUT2D eigenvalue weighted by Crippen LogP contribution is 2.55. The normalized spacial score (nSPS) is 22.2. The molecule has 2 nitrogen and oxygen atoms in total. The van der Waals surface area contributed by atoms with Crippen LogP contribution in [0.25, 0.3) is 0 Å². The first-order valence-corrected chi connectivity index (χ1v) is 5.98. The van der Waals surface area contributed by atoms with Crippen LogP contribution < -0.4 is 0 Å². The van der Waals surface area contributed by atoms with Gasteiger partial charge in [0, 0.05) is 10.1 Å². The molecule has 1 atom stereocenters. The average molecular weight is 201 g/mol. The van der Waals surface area contributed by atoms with Gasteiger partial charge < -0.3 is 5.11 Å². The molecule has 0 aromatic carbocycles. The molecular formula is C8H11NOS2. The topological polar surface area (TPSA) is 33.1 Å². The summed E-state index contributed by atoms with van der Waals surface area (Å²) >= 11 is 3.16. The second kappa shape index (κ2) is 3.01. The molecule has 2 rings (SSSR count). The van der Waals surface area contributed by atoms with E-state index in [0.717, 1.165) is 18.5 Å². The molecule has 1 aliphatic carbocycles.